The fraction of sp³-hybridized carbons (Fsp3) is 0.450. The lowest BCUT2D eigenvalue weighted by Crippen LogP contribution is -2.37. The Bertz CT molecular complexity index is 681. The van der Waals surface area contributed by atoms with E-state index in [2.05, 4.69) is 28.6 Å². The van der Waals surface area contributed by atoms with Crippen LogP contribution < -0.4 is 4.74 Å². The van der Waals surface area contributed by atoms with Gasteiger partial charge in [0.1, 0.15) is 24.3 Å². The summed E-state index contributed by atoms with van der Waals surface area (Å²) >= 11 is 0. The van der Waals surface area contributed by atoms with Crippen LogP contribution in [0.4, 0.5) is 0 Å². The van der Waals surface area contributed by atoms with Crippen molar-refractivity contribution in [2.24, 2.45) is 13.0 Å². The third-order valence-electron chi connectivity index (χ3n) is 4.81. The lowest BCUT2D eigenvalue weighted by atomic mass is 9.91. The summed E-state index contributed by atoms with van der Waals surface area (Å²) in [5.41, 5.74) is 1.26. The second-order valence-corrected chi connectivity index (χ2v) is 6.72. The van der Waals surface area contributed by atoms with Crippen molar-refractivity contribution in [3.63, 3.8) is 0 Å². The maximum atomic E-state index is 10.7. The molecule has 2 unspecified atom stereocenters. The van der Waals surface area contributed by atoms with E-state index in [1.54, 1.807) is 12.3 Å². The van der Waals surface area contributed by atoms with Crippen LogP contribution in [0.5, 0.6) is 5.75 Å². The fourth-order valence-corrected chi connectivity index (χ4v) is 3.47. The molecule has 5 nitrogen and oxygen atoms in total. The second-order valence-electron chi connectivity index (χ2n) is 6.72. The first-order valence-corrected chi connectivity index (χ1v) is 8.87. The molecule has 0 spiro atoms. The molecule has 25 heavy (non-hydrogen) atoms. The highest BCUT2D eigenvalue weighted by Gasteiger charge is 2.29. The third-order valence-corrected chi connectivity index (χ3v) is 4.81. The molecule has 0 aliphatic carbocycles. The molecule has 1 N–H and O–H groups in total. The van der Waals surface area contributed by atoms with Crippen LogP contribution in [-0.4, -0.2) is 39.3 Å². The summed E-state index contributed by atoms with van der Waals surface area (Å²) in [5.74, 6) is 1.85. The van der Waals surface area contributed by atoms with Crippen LogP contribution >= 0.6 is 0 Å². The molecule has 2 aromatic rings. The summed E-state index contributed by atoms with van der Waals surface area (Å²) in [5, 5.41) is 10.7. The third kappa shape index (κ3) is 4.50. The Morgan fingerprint density at radius 3 is 2.88 bits per heavy atom. The summed E-state index contributed by atoms with van der Waals surface area (Å²) in [4.78, 5) is 6.72. The van der Waals surface area contributed by atoms with Crippen LogP contribution in [-0.2, 0) is 13.6 Å². The van der Waals surface area contributed by atoms with Gasteiger partial charge in [-0.1, -0.05) is 24.8 Å². The van der Waals surface area contributed by atoms with E-state index in [1.165, 1.54) is 5.56 Å². The number of aryl methyl sites for hydroxylation is 1. The number of imidazole rings is 1. The van der Waals surface area contributed by atoms with E-state index < -0.39 is 6.10 Å². The first-order chi connectivity index (χ1) is 12.2. The molecule has 1 fully saturated rings. The number of aliphatic hydroxyl groups excluding tert-OH is 1. The highest BCUT2D eigenvalue weighted by Crippen LogP contribution is 2.29. The van der Waals surface area contributed by atoms with E-state index in [0.29, 0.717) is 6.61 Å². The Morgan fingerprint density at radius 1 is 1.40 bits per heavy atom. The first-order valence-electron chi connectivity index (χ1n) is 8.87. The first kappa shape index (κ1) is 17.7. The standard InChI is InChI=1S/C20H27N3O2/c1-3-13-25-18-8-6-16(7-9-18)14-23-11-4-5-17(15-23)19(24)20-21-10-12-22(20)2/h3,6-10,12,17,19,24H,1,4-5,11,13-15H2,2H3. The molecule has 0 saturated carbocycles. The normalized spacial score (nSPS) is 19.5. The van der Waals surface area contributed by atoms with Crippen molar-refractivity contribution in [2.45, 2.75) is 25.5 Å². The van der Waals surface area contributed by atoms with Crippen LogP contribution in [0.15, 0.2) is 49.3 Å². The van der Waals surface area contributed by atoms with Crippen molar-refractivity contribution in [3.05, 3.63) is 60.7 Å². The smallest absolute Gasteiger partial charge is 0.137 e. The number of rotatable bonds is 7. The number of benzene rings is 1. The molecule has 5 heteroatoms. The SMILES string of the molecule is C=CCOc1ccc(CN2CCCC(C(O)c3nccn3C)C2)cc1. The van der Waals surface area contributed by atoms with Crippen LogP contribution in [0.1, 0.15) is 30.3 Å². The Kier molecular flexibility index (Phi) is 5.89. The Morgan fingerprint density at radius 2 is 2.20 bits per heavy atom. The van der Waals surface area contributed by atoms with E-state index in [-0.39, 0.29) is 5.92 Å². The number of hydrogen-bond acceptors (Lipinski definition) is 4. The van der Waals surface area contributed by atoms with Gasteiger partial charge in [-0.15, -0.1) is 0 Å². The van der Waals surface area contributed by atoms with Gasteiger partial charge in [0.15, 0.2) is 0 Å². The molecule has 1 aliphatic rings. The average molecular weight is 341 g/mol. The van der Waals surface area contributed by atoms with E-state index in [0.717, 1.165) is 44.0 Å². The van der Waals surface area contributed by atoms with E-state index in [9.17, 15) is 5.11 Å². The van der Waals surface area contributed by atoms with Gasteiger partial charge in [-0.25, -0.2) is 4.98 Å². The molecular formula is C20H27N3O2. The van der Waals surface area contributed by atoms with Gasteiger partial charge in [0, 0.05) is 38.4 Å². The number of piperidine rings is 1. The molecule has 1 aromatic heterocycles. The lowest BCUT2D eigenvalue weighted by Gasteiger charge is -2.35. The van der Waals surface area contributed by atoms with Crippen LogP contribution in [0.25, 0.3) is 0 Å². The largest absolute Gasteiger partial charge is 0.490 e. The second kappa shape index (κ2) is 8.32. The molecule has 2 atom stereocenters. The Balaban J connectivity index is 1.58. The summed E-state index contributed by atoms with van der Waals surface area (Å²) < 4.78 is 7.44. The molecular weight excluding hydrogens is 314 g/mol. The molecule has 0 amide bonds. The number of ether oxygens (including phenoxy) is 1. The van der Waals surface area contributed by atoms with E-state index in [1.807, 2.05) is 29.9 Å². The maximum Gasteiger partial charge on any atom is 0.137 e. The van der Waals surface area contributed by atoms with Crippen molar-refractivity contribution >= 4 is 0 Å². The molecule has 2 heterocycles. The van der Waals surface area contributed by atoms with Gasteiger partial charge >= 0.3 is 0 Å². The zero-order valence-corrected chi connectivity index (χ0v) is 14.8. The highest BCUT2D eigenvalue weighted by atomic mass is 16.5. The van der Waals surface area contributed by atoms with E-state index >= 15 is 0 Å². The lowest BCUT2D eigenvalue weighted by molar-refractivity contribution is 0.0405. The Hall–Kier alpha value is -2.11. The number of likely N-dealkylation sites (tertiary alicyclic amines) is 1. The zero-order valence-electron chi connectivity index (χ0n) is 14.8. The maximum absolute atomic E-state index is 10.7. The minimum atomic E-state index is -0.502. The molecule has 1 saturated heterocycles. The van der Waals surface area contributed by atoms with Gasteiger partial charge in [-0.2, -0.15) is 0 Å². The predicted octanol–water partition coefficient (Wildman–Crippen LogP) is 2.93. The monoisotopic (exact) mass is 341 g/mol. The summed E-state index contributed by atoms with van der Waals surface area (Å²) in [6, 6.07) is 8.22. The van der Waals surface area contributed by atoms with Crippen molar-refractivity contribution in [3.8, 4) is 5.75 Å². The predicted molar refractivity (Wildman–Crippen MR) is 98.3 cm³/mol. The van der Waals surface area contributed by atoms with Crippen LogP contribution in [0.3, 0.4) is 0 Å². The van der Waals surface area contributed by atoms with Gasteiger partial charge in [-0.05, 0) is 37.1 Å². The van der Waals surface area contributed by atoms with Crippen LogP contribution in [0, 0.1) is 5.92 Å². The summed E-state index contributed by atoms with van der Waals surface area (Å²) in [7, 11) is 1.93. The summed E-state index contributed by atoms with van der Waals surface area (Å²) in [6.07, 6.45) is 7.02. The van der Waals surface area contributed by atoms with Gasteiger partial charge in [0.2, 0.25) is 0 Å². The molecule has 1 aromatic carbocycles. The van der Waals surface area contributed by atoms with E-state index in [4.69, 9.17) is 4.74 Å². The topological polar surface area (TPSA) is 50.5 Å². The zero-order chi connectivity index (χ0) is 17.6. The molecule has 3 rings (SSSR count). The van der Waals surface area contributed by atoms with Crippen molar-refractivity contribution in [1.82, 2.24) is 14.5 Å². The van der Waals surface area contributed by atoms with Crippen molar-refractivity contribution < 1.29 is 9.84 Å². The average Bonchev–Trinajstić information content (AvgIpc) is 3.07. The molecule has 0 radical (unpaired) electrons. The Labute approximate surface area is 149 Å². The highest BCUT2D eigenvalue weighted by molar-refractivity contribution is 5.27. The van der Waals surface area contributed by atoms with Gasteiger partial charge in [-0.3, -0.25) is 4.90 Å². The van der Waals surface area contributed by atoms with Crippen LogP contribution in [0.2, 0.25) is 0 Å². The minimum absolute atomic E-state index is 0.227. The number of nitrogens with zero attached hydrogens (tertiary/aromatic N) is 3. The molecule has 1 aliphatic heterocycles. The molecule has 0 bridgehead atoms. The minimum Gasteiger partial charge on any atom is -0.490 e. The van der Waals surface area contributed by atoms with Gasteiger partial charge in [0.05, 0.1) is 0 Å². The number of hydrogen-bond donors (Lipinski definition) is 1. The van der Waals surface area contributed by atoms with Gasteiger partial charge < -0.3 is 14.4 Å². The fourth-order valence-electron chi connectivity index (χ4n) is 3.47. The number of aromatic nitrogens is 2. The summed E-state index contributed by atoms with van der Waals surface area (Å²) in [6.45, 7) is 7.04. The van der Waals surface area contributed by atoms with Gasteiger partial charge in [0.25, 0.3) is 0 Å². The molecule has 134 valence electrons. The number of aliphatic hydroxyl groups is 1. The quantitative estimate of drug-likeness (QED) is 0.787. The van der Waals surface area contributed by atoms with Crippen molar-refractivity contribution in [1.29, 1.82) is 0 Å². The van der Waals surface area contributed by atoms with Crippen molar-refractivity contribution in [2.75, 3.05) is 19.7 Å².